The Morgan fingerprint density at radius 3 is 1.42 bits per heavy atom. The van der Waals surface area contributed by atoms with E-state index in [2.05, 4.69) is 0 Å². The second-order valence-electron chi connectivity index (χ2n) is 7.60. The summed E-state index contributed by atoms with van der Waals surface area (Å²) in [5.41, 5.74) is 0.878. The van der Waals surface area contributed by atoms with Crippen molar-refractivity contribution in [3.05, 3.63) is 115 Å². The normalized spacial score (nSPS) is 12.5. The average molecular weight is 641 g/mol. The molecule has 4 rings (SSSR count). The molecule has 0 saturated heterocycles. The van der Waals surface area contributed by atoms with Crippen molar-refractivity contribution in [3.63, 3.8) is 0 Å². The van der Waals surface area contributed by atoms with Gasteiger partial charge in [-0.25, -0.2) is 3.63 Å². The van der Waals surface area contributed by atoms with Gasteiger partial charge in [-0.3, -0.25) is 0 Å². The lowest BCUT2D eigenvalue weighted by atomic mass is 10.2. The summed E-state index contributed by atoms with van der Waals surface area (Å²) < 4.78 is 33.9. The van der Waals surface area contributed by atoms with E-state index in [1.165, 1.54) is 36.4 Å². The molecule has 0 N–H and O–H groups in total. The Bertz CT molecular complexity index is 1440. The van der Waals surface area contributed by atoms with Crippen molar-refractivity contribution in [1.82, 2.24) is 0 Å². The van der Waals surface area contributed by atoms with Gasteiger partial charge in [0.15, 0.2) is 0 Å². The van der Waals surface area contributed by atoms with Crippen LogP contribution >= 0.6 is 79.9 Å². The van der Waals surface area contributed by atoms with E-state index >= 15 is 0 Å². The largest absolute Gasteiger partial charge is 0.307 e. The Morgan fingerprint density at radius 2 is 1.00 bits per heavy atom. The van der Waals surface area contributed by atoms with Crippen molar-refractivity contribution >= 4 is 90.0 Å². The molecular formula is C25H16Cl6O3S2. The topological polar surface area (TPSA) is 43.4 Å². The average Bonchev–Trinajstić information content (AvgIpc) is 2.78. The molecule has 0 heterocycles. The van der Waals surface area contributed by atoms with E-state index in [4.69, 9.17) is 73.2 Å². The van der Waals surface area contributed by atoms with Crippen LogP contribution in [-0.2, 0) is 13.7 Å². The molecule has 0 radical (unpaired) electrons. The quantitative estimate of drug-likeness (QED) is 0.211. The summed E-state index contributed by atoms with van der Waals surface area (Å²) in [4.78, 5) is 0.702. The van der Waals surface area contributed by atoms with Crippen LogP contribution in [0.15, 0.2) is 98.4 Å². The van der Waals surface area contributed by atoms with E-state index in [0.29, 0.717) is 4.90 Å². The third-order valence-electron chi connectivity index (χ3n) is 5.08. The second kappa shape index (κ2) is 10.9. The molecule has 0 aliphatic rings. The highest BCUT2D eigenvalue weighted by Gasteiger charge is 2.44. The van der Waals surface area contributed by atoms with Crippen LogP contribution in [0.1, 0.15) is 5.56 Å². The lowest BCUT2D eigenvalue weighted by molar-refractivity contribution is 0.508. The summed E-state index contributed by atoms with van der Waals surface area (Å²) >= 11 is 39.3. The molecule has 0 fully saturated rings. The van der Waals surface area contributed by atoms with Crippen LogP contribution in [0.4, 0.5) is 0 Å². The van der Waals surface area contributed by atoms with Gasteiger partial charge in [-0.15, -0.1) is 0 Å². The number of aryl methyl sites for hydroxylation is 1. The summed E-state index contributed by atoms with van der Waals surface area (Å²) in [6, 6.07) is 20.7. The predicted octanol–water partition coefficient (Wildman–Crippen LogP) is 10.5. The summed E-state index contributed by atoms with van der Waals surface area (Å²) in [6.07, 6.45) is 0. The Hall–Kier alpha value is -1.12. The molecule has 0 spiro atoms. The van der Waals surface area contributed by atoms with Crippen molar-refractivity contribution in [1.29, 1.82) is 0 Å². The first-order valence-electron chi connectivity index (χ1n) is 10.2. The Balaban J connectivity index is 2.18. The standard InChI is InChI=1S/C25H16Cl6O3S2/c1-15-7-9-19(10-8-15)36(32,33)34-35(18-5-3-2-4-6-18,24-20(28)11-16(26)12-21(24)29)25-22(30)13-17(27)14-23(25)31/h2-14H,1H3. The fourth-order valence-corrected chi connectivity index (χ4v) is 11.7. The van der Waals surface area contributed by atoms with E-state index in [1.54, 1.807) is 42.5 Å². The molecule has 188 valence electrons. The predicted molar refractivity (Wildman–Crippen MR) is 151 cm³/mol. The fraction of sp³-hybridized carbons (Fsp3) is 0.0400. The number of rotatable bonds is 6. The lowest BCUT2D eigenvalue weighted by Crippen LogP contribution is -2.16. The van der Waals surface area contributed by atoms with Crippen LogP contribution in [0.3, 0.4) is 0 Å². The Morgan fingerprint density at radius 1 is 0.583 bits per heavy atom. The van der Waals surface area contributed by atoms with E-state index in [9.17, 15) is 8.42 Å². The number of hydrogen-bond donors (Lipinski definition) is 0. The van der Waals surface area contributed by atoms with Crippen molar-refractivity contribution in [2.75, 3.05) is 0 Å². The number of hydrogen-bond acceptors (Lipinski definition) is 3. The monoisotopic (exact) mass is 638 g/mol. The third kappa shape index (κ3) is 5.37. The SMILES string of the molecule is Cc1ccc(S(=O)(=O)OS(c2ccccc2)(c2c(Cl)cc(Cl)cc2Cl)c2c(Cl)cc(Cl)cc2Cl)cc1. The maximum absolute atomic E-state index is 13.8. The van der Waals surface area contributed by atoms with Crippen LogP contribution in [0.2, 0.25) is 30.1 Å². The highest BCUT2D eigenvalue weighted by atomic mass is 35.5. The van der Waals surface area contributed by atoms with Crippen LogP contribution in [0, 0.1) is 6.92 Å². The van der Waals surface area contributed by atoms with Crippen molar-refractivity contribution in [2.45, 2.75) is 26.5 Å². The Kier molecular flexibility index (Phi) is 8.47. The van der Waals surface area contributed by atoms with E-state index < -0.39 is 20.4 Å². The second-order valence-corrected chi connectivity index (χ2v) is 14.4. The van der Waals surface area contributed by atoms with Crippen molar-refractivity contribution in [2.24, 2.45) is 0 Å². The minimum absolute atomic E-state index is 0.0664. The summed E-state index contributed by atoms with van der Waals surface area (Å²) in [5.74, 6) is 0. The van der Waals surface area contributed by atoms with E-state index in [-0.39, 0.29) is 44.8 Å². The molecule has 4 aromatic carbocycles. The van der Waals surface area contributed by atoms with Gasteiger partial charge in [0, 0.05) is 14.9 Å². The molecule has 36 heavy (non-hydrogen) atoms. The summed E-state index contributed by atoms with van der Waals surface area (Å²) in [7, 11) is -7.77. The smallest absolute Gasteiger partial charge is 0.203 e. The molecule has 11 heteroatoms. The molecule has 0 bridgehead atoms. The van der Waals surface area contributed by atoms with Gasteiger partial charge in [-0.1, -0.05) is 106 Å². The minimum Gasteiger partial charge on any atom is -0.203 e. The molecule has 0 amide bonds. The number of benzene rings is 4. The van der Waals surface area contributed by atoms with Crippen LogP contribution in [0.25, 0.3) is 0 Å². The van der Waals surface area contributed by atoms with Gasteiger partial charge in [0.2, 0.25) is 0 Å². The van der Waals surface area contributed by atoms with Crippen LogP contribution in [-0.4, -0.2) is 8.42 Å². The van der Waals surface area contributed by atoms with Crippen molar-refractivity contribution in [3.8, 4) is 0 Å². The Labute approximate surface area is 241 Å². The zero-order valence-corrected chi connectivity index (χ0v) is 24.5. The van der Waals surface area contributed by atoms with Gasteiger partial charge >= 0.3 is 10.1 Å². The van der Waals surface area contributed by atoms with Gasteiger partial charge in [-0.05, 0) is 65.8 Å². The summed E-state index contributed by atoms with van der Waals surface area (Å²) in [5, 5.41) is 0.815. The van der Waals surface area contributed by atoms with E-state index in [1.807, 2.05) is 6.92 Å². The third-order valence-corrected chi connectivity index (χ3v) is 12.5. The van der Waals surface area contributed by atoms with Gasteiger partial charge in [0.1, 0.15) is 0 Å². The molecule has 0 saturated carbocycles. The zero-order valence-electron chi connectivity index (χ0n) is 18.3. The highest BCUT2D eigenvalue weighted by molar-refractivity contribution is 8.33. The molecule has 0 unspecified atom stereocenters. The first-order valence-corrected chi connectivity index (χ1v) is 15.4. The molecule has 0 aromatic heterocycles. The molecule has 3 nitrogen and oxygen atoms in total. The molecule has 0 aliphatic heterocycles. The summed E-state index contributed by atoms with van der Waals surface area (Å²) in [6.45, 7) is 1.84. The highest BCUT2D eigenvalue weighted by Crippen LogP contribution is 2.75. The molecule has 0 atom stereocenters. The maximum Gasteiger partial charge on any atom is 0.307 e. The lowest BCUT2D eigenvalue weighted by Gasteiger charge is -2.41. The van der Waals surface area contributed by atoms with Gasteiger partial charge < -0.3 is 0 Å². The van der Waals surface area contributed by atoms with Crippen LogP contribution < -0.4 is 0 Å². The first kappa shape index (κ1) is 27.9. The molecule has 4 aromatic rings. The first-order chi connectivity index (χ1) is 17.0. The molecular weight excluding hydrogens is 625 g/mol. The van der Waals surface area contributed by atoms with Crippen LogP contribution in [0.5, 0.6) is 0 Å². The molecule has 0 aliphatic carbocycles. The van der Waals surface area contributed by atoms with Crippen molar-refractivity contribution < 1.29 is 12.0 Å². The van der Waals surface area contributed by atoms with Gasteiger partial charge in [0.05, 0.1) is 34.8 Å². The van der Waals surface area contributed by atoms with Gasteiger partial charge in [-0.2, -0.15) is 8.42 Å². The fourth-order valence-electron chi connectivity index (χ4n) is 3.54. The number of halogens is 6. The minimum atomic E-state index is -4.43. The van der Waals surface area contributed by atoms with E-state index in [0.717, 1.165) is 5.56 Å². The maximum atomic E-state index is 13.8. The van der Waals surface area contributed by atoms with Gasteiger partial charge in [0.25, 0.3) is 0 Å². The zero-order chi connectivity index (χ0) is 26.3.